The van der Waals surface area contributed by atoms with Crippen molar-refractivity contribution in [2.24, 2.45) is 0 Å². The number of phenols is 2. The summed E-state index contributed by atoms with van der Waals surface area (Å²) in [5.41, 5.74) is 1.27. The number of carboxylic acid groups (broad SMARTS) is 1. The highest BCUT2D eigenvalue weighted by Crippen LogP contribution is 2.35. The van der Waals surface area contributed by atoms with Crippen molar-refractivity contribution < 1.29 is 24.9 Å². The molecule has 6 heteroatoms. The van der Waals surface area contributed by atoms with E-state index < -0.39 is 12.4 Å². The molecule has 0 bridgehead atoms. The maximum atomic E-state index is 10.3. The molecule has 1 aromatic carbocycles. The summed E-state index contributed by atoms with van der Waals surface area (Å²) in [5, 5.41) is 29.6. The molecule has 1 aliphatic rings. The van der Waals surface area contributed by atoms with Gasteiger partial charge < -0.3 is 25.4 Å². The molecule has 1 unspecified atom stereocenters. The van der Waals surface area contributed by atoms with Crippen LogP contribution in [0.1, 0.15) is 5.56 Å². The summed E-state index contributed by atoms with van der Waals surface area (Å²) in [6.45, 7) is 0. The molecule has 0 aromatic heterocycles. The van der Waals surface area contributed by atoms with Gasteiger partial charge in [0.2, 0.25) is 0 Å². The monoisotopic (exact) mass is 211 g/mol. The molecule has 1 aliphatic heterocycles. The third-order valence-electron chi connectivity index (χ3n) is 2.17. The number of ether oxygens (including phenoxy) is 1. The second-order valence-electron chi connectivity index (χ2n) is 3.22. The van der Waals surface area contributed by atoms with Gasteiger partial charge in [-0.05, 0) is 11.6 Å². The van der Waals surface area contributed by atoms with Gasteiger partial charge in [0.05, 0.1) is 0 Å². The number of benzene rings is 1. The zero-order valence-corrected chi connectivity index (χ0v) is 7.60. The van der Waals surface area contributed by atoms with Crippen LogP contribution in [0.3, 0.4) is 0 Å². The van der Waals surface area contributed by atoms with Gasteiger partial charge in [-0.15, -0.1) is 0 Å². The van der Waals surface area contributed by atoms with E-state index in [-0.39, 0.29) is 11.5 Å². The standard InChI is InChI=1S/C9H9NO5/c11-6-1-4-2-8(15-9(13)14)10-5(4)3-7(6)12/h1,3,8,10-12H,2H2,(H,13,14). The molecular weight excluding hydrogens is 202 g/mol. The van der Waals surface area contributed by atoms with Gasteiger partial charge in [0.15, 0.2) is 17.7 Å². The van der Waals surface area contributed by atoms with E-state index >= 15 is 0 Å². The van der Waals surface area contributed by atoms with Crippen molar-refractivity contribution >= 4 is 11.8 Å². The average molecular weight is 211 g/mol. The van der Waals surface area contributed by atoms with Crippen molar-refractivity contribution in [2.45, 2.75) is 12.6 Å². The molecular formula is C9H9NO5. The number of rotatable bonds is 1. The number of fused-ring (bicyclic) bond motifs is 1. The summed E-state index contributed by atoms with van der Waals surface area (Å²) in [4.78, 5) is 10.3. The predicted molar refractivity (Wildman–Crippen MR) is 50.0 cm³/mol. The Morgan fingerprint density at radius 2 is 2.07 bits per heavy atom. The predicted octanol–water partition coefficient (Wildman–Crippen LogP) is 1.09. The molecule has 4 N–H and O–H groups in total. The molecule has 0 aliphatic carbocycles. The molecule has 0 amide bonds. The number of phenolic OH excluding ortho intramolecular Hbond substituents is 2. The Hall–Kier alpha value is -2.11. The first-order chi connectivity index (χ1) is 7.06. The van der Waals surface area contributed by atoms with Crippen molar-refractivity contribution in [1.29, 1.82) is 0 Å². The summed E-state index contributed by atoms with van der Waals surface area (Å²) in [6, 6.07) is 2.71. The maximum Gasteiger partial charge on any atom is 0.507 e. The fourth-order valence-corrected chi connectivity index (χ4v) is 1.54. The van der Waals surface area contributed by atoms with Gasteiger partial charge in [-0.3, -0.25) is 0 Å². The molecule has 0 spiro atoms. The van der Waals surface area contributed by atoms with Gasteiger partial charge in [0.25, 0.3) is 0 Å². The summed E-state index contributed by atoms with van der Waals surface area (Å²) in [7, 11) is 0. The van der Waals surface area contributed by atoms with Crippen LogP contribution in [0.25, 0.3) is 0 Å². The van der Waals surface area contributed by atoms with Crippen LogP contribution >= 0.6 is 0 Å². The Kier molecular flexibility index (Phi) is 2.03. The van der Waals surface area contributed by atoms with Crippen molar-refractivity contribution in [2.75, 3.05) is 5.32 Å². The fourth-order valence-electron chi connectivity index (χ4n) is 1.54. The van der Waals surface area contributed by atoms with Gasteiger partial charge in [0, 0.05) is 18.2 Å². The van der Waals surface area contributed by atoms with Crippen LogP contribution in [-0.2, 0) is 11.2 Å². The first kappa shape index (κ1) is 9.45. The first-order valence-electron chi connectivity index (χ1n) is 4.27. The quantitative estimate of drug-likeness (QED) is 0.315. The molecule has 1 aromatic rings. The van der Waals surface area contributed by atoms with E-state index in [1.54, 1.807) is 0 Å². The molecule has 1 heterocycles. The molecule has 0 radical (unpaired) electrons. The van der Waals surface area contributed by atoms with E-state index in [9.17, 15) is 15.0 Å². The minimum Gasteiger partial charge on any atom is -0.504 e. The van der Waals surface area contributed by atoms with Crippen molar-refractivity contribution in [3.63, 3.8) is 0 Å². The van der Waals surface area contributed by atoms with E-state index in [1.165, 1.54) is 12.1 Å². The lowest BCUT2D eigenvalue weighted by molar-refractivity contribution is 0.0651. The lowest BCUT2D eigenvalue weighted by Crippen LogP contribution is -2.22. The van der Waals surface area contributed by atoms with Crippen LogP contribution in [0, 0.1) is 0 Å². The number of nitrogens with one attached hydrogen (secondary N) is 1. The molecule has 6 nitrogen and oxygen atoms in total. The number of aromatic hydroxyl groups is 2. The van der Waals surface area contributed by atoms with Crippen LogP contribution in [-0.4, -0.2) is 27.7 Å². The maximum absolute atomic E-state index is 10.3. The van der Waals surface area contributed by atoms with Gasteiger partial charge >= 0.3 is 6.16 Å². The third-order valence-corrected chi connectivity index (χ3v) is 2.17. The molecule has 15 heavy (non-hydrogen) atoms. The summed E-state index contributed by atoms with van der Waals surface area (Å²) in [6.07, 6.45) is -1.71. The lowest BCUT2D eigenvalue weighted by atomic mass is 10.1. The third kappa shape index (κ3) is 1.74. The van der Waals surface area contributed by atoms with Crippen LogP contribution < -0.4 is 5.32 Å². The normalized spacial score (nSPS) is 18.0. The van der Waals surface area contributed by atoms with Gasteiger partial charge in [-0.2, -0.15) is 0 Å². The summed E-state index contributed by atoms with van der Waals surface area (Å²) >= 11 is 0. The van der Waals surface area contributed by atoms with E-state index in [4.69, 9.17) is 5.11 Å². The highest BCUT2D eigenvalue weighted by molar-refractivity contribution is 5.64. The second kappa shape index (κ2) is 3.23. The highest BCUT2D eigenvalue weighted by Gasteiger charge is 2.25. The molecule has 1 atom stereocenters. The minimum atomic E-state index is -1.37. The van der Waals surface area contributed by atoms with Crippen molar-refractivity contribution in [3.05, 3.63) is 17.7 Å². The largest absolute Gasteiger partial charge is 0.507 e. The van der Waals surface area contributed by atoms with E-state index in [2.05, 4.69) is 10.1 Å². The molecule has 0 fully saturated rings. The highest BCUT2D eigenvalue weighted by atomic mass is 16.7. The Balaban J connectivity index is 2.20. The Bertz CT molecular complexity index is 386. The smallest absolute Gasteiger partial charge is 0.504 e. The van der Waals surface area contributed by atoms with Gasteiger partial charge in [0.1, 0.15) is 0 Å². The zero-order valence-electron chi connectivity index (χ0n) is 7.60. The number of hydrogen-bond donors (Lipinski definition) is 4. The number of hydrogen-bond acceptors (Lipinski definition) is 5. The first-order valence-corrected chi connectivity index (χ1v) is 4.27. The van der Waals surface area contributed by atoms with E-state index in [1.807, 2.05) is 0 Å². The van der Waals surface area contributed by atoms with E-state index in [0.29, 0.717) is 17.7 Å². The topological polar surface area (TPSA) is 99.0 Å². The average Bonchev–Trinajstić information content (AvgIpc) is 2.46. The van der Waals surface area contributed by atoms with E-state index in [0.717, 1.165) is 0 Å². The number of anilines is 1. The Labute approximate surface area is 84.7 Å². The van der Waals surface area contributed by atoms with Crippen molar-refractivity contribution in [1.82, 2.24) is 0 Å². The van der Waals surface area contributed by atoms with Crippen LogP contribution in [0.15, 0.2) is 12.1 Å². The molecule has 0 saturated carbocycles. The molecule has 2 rings (SSSR count). The van der Waals surface area contributed by atoms with Gasteiger partial charge in [-0.1, -0.05) is 0 Å². The Morgan fingerprint density at radius 3 is 2.73 bits per heavy atom. The van der Waals surface area contributed by atoms with Crippen molar-refractivity contribution in [3.8, 4) is 11.5 Å². The minimum absolute atomic E-state index is 0.230. The molecule has 80 valence electrons. The zero-order chi connectivity index (χ0) is 11.0. The molecule has 0 saturated heterocycles. The summed E-state index contributed by atoms with van der Waals surface area (Å²) < 4.78 is 4.52. The fraction of sp³-hybridized carbons (Fsp3) is 0.222. The Morgan fingerprint density at radius 1 is 1.40 bits per heavy atom. The van der Waals surface area contributed by atoms with Gasteiger partial charge in [-0.25, -0.2) is 4.79 Å². The number of carbonyl (C=O) groups is 1. The van der Waals surface area contributed by atoms with Crippen LogP contribution in [0.5, 0.6) is 11.5 Å². The second-order valence-corrected chi connectivity index (χ2v) is 3.22. The van der Waals surface area contributed by atoms with Crippen LogP contribution in [0.2, 0.25) is 0 Å². The lowest BCUT2D eigenvalue weighted by Gasteiger charge is -2.08. The summed E-state index contributed by atoms with van der Waals surface area (Å²) in [5.74, 6) is -0.483. The van der Waals surface area contributed by atoms with Crippen LogP contribution in [0.4, 0.5) is 10.5 Å². The SMILES string of the molecule is O=C(O)OC1Cc2cc(O)c(O)cc2N1.